The van der Waals surface area contributed by atoms with E-state index in [1.165, 1.54) is 0 Å². The van der Waals surface area contributed by atoms with Crippen molar-refractivity contribution in [3.8, 4) is 11.5 Å². The fourth-order valence-corrected chi connectivity index (χ4v) is 2.69. The first kappa shape index (κ1) is 20.4. The molecule has 3 aromatic rings. The predicted octanol–water partition coefficient (Wildman–Crippen LogP) is 5.08. The van der Waals surface area contributed by atoms with Crippen LogP contribution in [-0.4, -0.2) is 18.7 Å². The number of nitrogens with one attached hydrogen (secondary N) is 1. The van der Waals surface area contributed by atoms with Gasteiger partial charge in [-0.3, -0.25) is 4.79 Å². The van der Waals surface area contributed by atoms with E-state index < -0.39 is 0 Å². The Morgan fingerprint density at radius 3 is 2.45 bits per heavy atom. The molecule has 148 valence electrons. The number of amides is 1. The van der Waals surface area contributed by atoms with Crippen molar-refractivity contribution in [3.05, 3.63) is 94.5 Å². The number of hydrogen-bond donors (Lipinski definition) is 1. The minimum atomic E-state index is -0.348. The average molecular weight is 409 g/mol. The minimum Gasteiger partial charge on any atom is -0.494 e. The number of benzene rings is 3. The number of ether oxygens (including phenoxy) is 2. The highest BCUT2D eigenvalue weighted by molar-refractivity contribution is 6.30. The van der Waals surface area contributed by atoms with Gasteiger partial charge < -0.3 is 9.47 Å². The summed E-state index contributed by atoms with van der Waals surface area (Å²) in [7, 11) is 0. The normalized spacial score (nSPS) is 10.7. The van der Waals surface area contributed by atoms with Crippen LogP contribution in [0.1, 0.15) is 28.4 Å². The van der Waals surface area contributed by atoms with Crippen molar-refractivity contribution in [3.63, 3.8) is 0 Å². The zero-order chi connectivity index (χ0) is 20.5. The zero-order valence-electron chi connectivity index (χ0n) is 16.0. The van der Waals surface area contributed by atoms with E-state index in [2.05, 4.69) is 10.5 Å². The second-order valence-corrected chi connectivity index (χ2v) is 6.55. The summed E-state index contributed by atoms with van der Waals surface area (Å²) in [6.07, 6.45) is 1.57. The van der Waals surface area contributed by atoms with E-state index in [-0.39, 0.29) is 5.91 Å². The van der Waals surface area contributed by atoms with Crippen LogP contribution in [0.4, 0.5) is 0 Å². The Kier molecular flexibility index (Phi) is 7.25. The Morgan fingerprint density at radius 1 is 1.00 bits per heavy atom. The molecule has 0 aliphatic rings. The second-order valence-electron chi connectivity index (χ2n) is 6.11. The van der Waals surface area contributed by atoms with Gasteiger partial charge in [-0.25, -0.2) is 5.43 Å². The third kappa shape index (κ3) is 6.09. The van der Waals surface area contributed by atoms with Gasteiger partial charge in [0.15, 0.2) is 0 Å². The molecule has 0 fully saturated rings. The number of hydrogen-bond acceptors (Lipinski definition) is 4. The number of carbonyl (C=O) groups excluding carboxylic acids is 1. The summed E-state index contributed by atoms with van der Waals surface area (Å²) >= 11 is 5.90. The molecule has 3 aromatic carbocycles. The number of halogens is 1. The first-order valence-electron chi connectivity index (χ1n) is 9.18. The summed E-state index contributed by atoms with van der Waals surface area (Å²) < 4.78 is 11.2. The van der Waals surface area contributed by atoms with Crippen molar-refractivity contribution < 1.29 is 14.3 Å². The summed E-state index contributed by atoms with van der Waals surface area (Å²) in [6.45, 7) is 2.88. The third-order valence-corrected chi connectivity index (χ3v) is 4.26. The number of carbonyl (C=O) groups is 1. The van der Waals surface area contributed by atoms with Crippen molar-refractivity contribution in [1.29, 1.82) is 0 Å². The van der Waals surface area contributed by atoms with E-state index >= 15 is 0 Å². The molecule has 0 radical (unpaired) electrons. The van der Waals surface area contributed by atoms with Crippen LogP contribution in [0.2, 0.25) is 5.02 Å². The summed E-state index contributed by atoms with van der Waals surface area (Å²) in [4.78, 5) is 12.5. The molecule has 0 heterocycles. The molecule has 1 N–H and O–H groups in total. The van der Waals surface area contributed by atoms with Gasteiger partial charge in [0.05, 0.1) is 18.4 Å². The van der Waals surface area contributed by atoms with Crippen LogP contribution in [0.5, 0.6) is 11.5 Å². The molecule has 0 atom stereocenters. The van der Waals surface area contributed by atoms with Gasteiger partial charge in [-0.2, -0.15) is 5.10 Å². The van der Waals surface area contributed by atoms with E-state index in [1.54, 1.807) is 36.5 Å². The van der Waals surface area contributed by atoms with Crippen molar-refractivity contribution in [2.45, 2.75) is 13.5 Å². The van der Waals surface area contributed by atoms with Crippen LogP contribution in [0.25, 0.3) is 0 Å². The molecule has 0 saturated heterocycles. The van der Waals surface area contributed by atoms with Gasteiger partial charge in [-0.15, -0.1) is 0 Å². The molecular weight excluding hydrogens is 388 g/mol. The lowest BCUT2D eigenvalue weighted by atomic mass is 10.2. The molecule has 3 rings (SSSR count). The van der Waals surface area contributed by atoms with Crippen molar-refractivity contribution >= 4 is 23.7 Å². The average Bonchev–Trinajstić information content (AvgIpc) is 2.75. The van der Waals surface area contributed by atoms with Crippen LogP contribution in [0, 0.1) is 0 Å². The molecule has 0 bridgehead atoms. The molecule has 0 saturated carbocycles. The van der Waals surface area contributed by atoms with Crippen molar-refractivity contribution in [2.75, 3.05) is 6.61 Å². The number of hydrazone groups is 1. The van der Waals surface area contributed by atoms with Gasteiger partial charge in [0.25, 0.3) is 5.91 Å². The Labute approximate surface area is 174 Å². The Hall–Kier alpha value is -3.31. The summed E-state index contributed by atoms with van der Waals surface area (Å²) in [5.74, 6) is 0.926. The molecule has 6 heteroatoms. The number of nitrogens with zero attached hydrogens (tertiary/aromatic N) is 1. The molecule has 5 nitrogen and oxygen atoms in total. The van der Waals surface area contributed by atoms with Gasteiger partial charge in [0.1, 0.15) is 18.1 Å². The topological polar surface area (TPSA) is 59.9 Å². The van der Waals surface area contributed by atoms with Crippen LogP contribution in [-0.2, 0) is 6.61 Å². The highest BCUT2D eigenvalue weighted by atomic mass is 35.5. The van der Waals surface area contributed by atoms with E-state index in [9.17, 15) is 4.79 Å². The Morgan fingerprint density at radius 2 is 1.72 bits per heavy atom. The van der Waals surface area contributed by atoms with Gasteiger partial charge in [0, 0.05) is 5.02 Å². The molecular formula is C23H21ClN2O3. The maximum absolute atomic E-state index is 12.5. The monoisotopic (exact) mass is 408 g/mol. The summed E-state index contributed by atoms with van der Waals surface area (Å²) in [6, 6.07) is 21.8. The van der Waals surface area contributed by atoms with E-state index in [1.807, 2.05) is 49.4 Å². The first-order chi connectivity index (χ1) is 14.2. The van der Waals surface area contributed by atoms with Crippen molar-refractivity contribution in [1.82, 2.24) is 5.43 Å². The third-order valence-electron chi connectivity index (χ3n) is 4.01. The van der Waals surface area contributed by atoms with Gasteiger partial charge in [0.2, 0.25) is 0 Å². The smallest absolute Gasteiger partial charge is 0.275 e. The van der Waals surface area contributed by atoms with Crippen LogP contribution in [0.3, 0.4) is 0 Å². The Bertz CT molecular complexity index is 970. The fraction of sp³-hybridized carbons (Fsp3) is 0.130. The zero-order valence-corrected chi connectivity index (χ0v) is 16.7. The summed E-state index contributed by atoms with van der Waals surface area (Å²) in [5, 5.41) is 4.69. The van der Waals surface area contributed by atoms with E-state index in [4.69, 9.17) is 21.1 Å². The standard InChI is InChI=1S/C23H21ClN2O3/c1-2-28-20-13-9-17(10-14-20)15-25-26-23(27)21-5-3-4-6-22(21)29-16-18-7-11-19(24)12-8-18/h3-15H,2,16H2,1H3,(H,26,27)/b25-15+. The van der Waals surface area contributed by atoms with Crippen molar-refractivity contribution in [2.24, 2.45) is 5.10 Å². The number of rotatable bonds is 8. The van der Waals surface area contributed by atoms with Gasteiger partial charge >= 0.3 is 0 Å². The predicted molar refractivity (Wildman–Crippen MR) is 115 cm³/mol. The molecule has 0 aliphatic heterocycles. The van der Waals surface area contributed by atoms with Crippen LogP contribution >= 0.6 is 11.6 Å². The minimum absolute atomic E-state index is 0.330. The highest BCUT2D eigenvalue weighted by Crippen LogP contribution is 2.20. The van der Waals surface area contributed by atoms with Crippen LogP contribution in [0.15, 0.2) is 77.9 Å². The summed E-state index contributed by atoms with van der Waals surface area (Å²) in [5.41, 5.74) is 4.75. The van der Waals surface area contributed by atoms with Gasteiger partial charge in [-0.1, -0.05) is 35.9 Å². The molecule has 1 amide bonds. The quantitative estimate of drug-likeness (QED) is 0.417. The molecule has 0 aromatic heterocycles. The van der Waals surface area contributed by atoms with Crippen LogP contribution < -0.4 is 14.9 Å². The lowest BCUT2D eigenvalue weighted by Crippen LogP contribution is -2.18. The van der Waals surface area contributed by atoms with Gasteiger partial charge in [-0.05, 0) is 66.6 Å². The fourth-order valence-electron chi connectivity index (χ4n) is 2.56. The van der Waals surface area contributed by atoms with E-state index in [0.717, 1.165) is 16.9 Å². The molecule has 0 aliphatic carbocycles. The lowest BCUT2D eigenvalue weighted by Gasteiger charge is -2.10. The van der Waals surface area contributed by atoms with E-state index in [0.29, 0.717) is 29.5 Å². The maximum Gasteiger partial charge on any atom is 0.275 e. The SMILES string of the molecule is CCOc1ccc(/C=N/NC(=O)c2ccccc2OCc2ccc(Cl)cc2)cc1. The Balaban J connectivity index is 1.61. The second kappa shape index (κ2) is 10.3. The highest BCUT2D eigenvalue weighted by Gasteiger charge is 2.11. The first-order valence-corrected chi connectivity index (χ1v) is 9.56. The molecule has 29 heavy (non-hydrogen) atoms. The molecule has 0 unspecified atom stereocenters. The maximum atomic E-state index is 12.5. The largest absolute Gasteiger partial charge is 0.494 e. The lowest BCUT2D eigenvalue weighted by molar-refractivity contribution is 0.0950. The number of para-hydroxylation sites is 1. The molecule has 0 spiro atoms.